The number of benzene rings is 1. The Balaban J connectivity index is 1.66. The average Bonchev–Trinajstić information content (AvgIpc) is 2.98. The van der Waals surface area contributed by atoms with Gasteiger partial charge >= 0.3 is 6.09 Å². The fraction of sp³-hybridized carbons (Fsp3) is 0.474. The molecule has 7 heteroatoms. The van der Waals surface area contributed by atoms with Gasteiger partial charge in [-0.3, -0.25) is 4.99 Å². The molecular formula is C19H29N5O2. The number of para-hydroxylation sites is 1. The molecule has 0 spiro atoms. The van der Waals surface area contributed by atoms with Crippen molar-refractivity contribution in [3.05, 3.63) is 36.0 Å². The molecule has 142 valence electrons. The van der Waals surface area contributed by atoms with Crippen molar-refractivity contribution in [2.75, 3.05) is 20.1 Å². The minimum absolute atomic E-state index is 0.390. The fourth-order valence-corrected chi connectivity index (χ4v) is 2.43. The largest absolute Gasteiger partial charge is 0.444 e. The van der Waals surface area contributed by atoms with Gasteiger partial charge in [-0.1, -0.05) is 18.2 Å². The van der Waals surface area contributed by atoms with E-state index in [0.717, 1.165) is 23.6 Å². The van der Waals surface area contributed by atoms with Crippen molar-refractivity contribution in [1.82, 2.24) is 20.9 Å². The predicted octanol–water partition coefficient (Wildman–Crippen LogP) is 2.75. The summed E-state index contributed by atoms with van der Waals surface area (Å²) in [6.45, 7) is 7.43. The van der Waals surface area contributed by atoms with E-state index >= 15 is 0 Å². The Morgan fingerprint density at radius 3 is 2.58 bits per heavy atom. The van der Waals surface area contributed by atoms with Crippen LogP contribution in [0.5, 0.6) is 0 Å². The van der Waals surface area contributed by atoms with E-state index in [1.165, 1.54) is 5.39 Å². The molecule has 0 aliphatic heterocycles. The number of H-pyrrole nitrogens is 1. The third-order valence-electron chi connectivity index (χ3n) is 3.57. The summed E-state index contributed by atoms with van der Waals surface area (Å²) in [5, 5.41) is 10.4. The molecule has 26 heavy (non-hydrogen) atoms. The molecule has 7 nitrogen and oxygen atoms in total. The van der Waals surface area contributed by atoms with Gasteiger partial charge in [0.15, 0.2) is 5.96 Å². The minimum atomic E-state index is -0.475. The molecule has 0 aliphatic rings. The second-order valence-corrected chi connectivity index (χ2v) is 7.02. The molecule has 0 unspecified atom stereocenters. The Hall–Kier alpha value is -2.70. The summed E-state index contributed by atoms with van der Waals surface area (Å²) < 4.78 is 5.19. The molecule has 1 heterocycles. The van der Waals surface area contributed by atoms with Gasteiger partial charge in [-0.2, -0.15) is 0 Å². The van der Waals surface area contributed by atoms with Crippen LogP contribution in [0.2, 0.25) is 0 Å². The topological polar surface area (TPSA) is 90.5 Å². The van der Waals surface area contributed by atoms with E-state index in [4.69, 9.17) is 4.74 Å². The standard InChI is InChI=1S/C19H29N5O2/c1-19(2,3)26-18(25)22-11-7-10-21-17(20-4)23-13-15-12-14-8-5-6-9-16(14)24-15/h5-6,8-9,12,24H,7,10-11,13H2,1-4H3,(H,22,25)(H2,20,21,23). The lowest BCUT2D eigenvalue weighted by atomic mass is 10.2. The SMILES string of the molecule is CN=C(NCCCNC(=O)OC(C)(C)C)NCc1cc2ccccc2[nH]1. The van der Waals surface area contributed by atoms with Crippen molar-refractivity contribution in [3.8, 4) is 0 Å². The molecule has 2 aromatic rings. The van der Waals surface area contributed by atoms with Gasteiger partial charge in [0.25, 0.3) is 0 Å². The summed E-state index contributed by atoms with van der Waals surface area (Å²) in [6.07, 6.45) is 0.380. The number of carbonyl (C=O) groups is 1. The maximum atomic E-state index is 11.6. The van der Waals surface area contributed by atoms with Crippen LogP contribution in [0.1, 0.15) is 32.9 Å². The summed E-state index contributed by atoms with van der Waals surface area (Å²) in [4.78, 5) is 19.1. The lowest BCUT2D eigenvalue weighted by Gasteiger charge is -2.19. The number of nitrogens with zero attached hydrogens (tertiary/aromatic N) is 1. The summed E-state index contributed by atoms with van der Waals surface area (Å²) in [6, 6.07) is 10.3. The summed E-state index contributed by atoms with van der Waals surface area (Å²) >= 11 is 0. The number of hydrogen-bond donors (Lipinski definition) is 4. The fourth-order valence-electron chi connectivity index (χ4n) is 2.43. The minimum Gasteiger partial charge on any atom is -0.444 e. The Morgan fingerprint density at radius 1 is 1.15 bits per heavy atom. The van der Waals surface area contributed by atoms with Crippen LogP contribution in [-0.2, 0) is 11.3 Å². The number of aromatic amines is 1. The summed E-state index contributed by atoms with van der Waals surface area (Å²) in [5.74, 6) is 0.723. The zero-order valence-electron chi connectivity index (χ0n) is 16.0. The van der Waals surface area contributed by atoms with Gasteiger partial charge in [0.2, 0.25) is 0 Å². The first-order chi connectivity index (χ1) is 12.4. The number of rotatable bonds is 6. The second kappa shape index (κ2) is 9.12. The molecule has 0 atom stereocenters. The average molecular weight is 359 g/mol. The number of guanidine groups is 1. The van der Waals surface area contributed by atoms with Crippen LogP contribution in [0.3, 0.4) is 0 Å². The second-order valence-electron chi connectivity index (χ2n) is 7.02. The highest BCUT2D eigenvalue weighted by Crippen LogP contribution is 2.14. The first-order valence-corrected chi connectivity index (χ1v) is 8.85. The Kier molecular flexibility index (Phi) is 6.89. The molecule has 0 aliphatic carbocycles. The zero-order chi connectivity index (χ0) is 19.0. The van der Waals surface area contributed by atoms with Crippen LogP contribution in [0.15, 0.2) is 35.3 Å². The van der Waals surface area contributed by atoms with Crippen molar-refractivity contribution < 1.29 is 9.53 Å². The maximum Gasteiger partial charge on any atom is 0.407 e. The van der Waals surface area contributed by atoms with Gasteiger partial charge in [0.05, 0.1) is 6.54 Å². The van der Waals surface area contributed by atoms with E-state index in [0.29, 0.717) is 19.6 Å². The van der Waals surface area contributed by atoms with E-state index in [-0.39, 0.29) is 6.09 Å². The smallest absolute Gasteiger partial charge is 0.407 e. The van der Waals surface area contributed by atoms with Gasteiger partial charge in [-0.05, 0) is 44.7 Å². The number of amides is 1. The third kappa shape index (κ3) is 6.66. The predicted molar refractivity (Wildman–Crippen MR) is 105 cm³/mol. The highest BCUT2D eigenvalue weighted by Gasteiger charge is 2.15. The van der Waals surface area contributed by atoms with Crippen molar-refractivity contribution in [2.24, 2.45) is 4.99 Å². The van der Waals surface area contributed by atoms with Gasteiger partial charge in [0.1, 0.15) is 5.60 Å². The van der Waals surface area contributed by atoms with E-state index in [1.54, 1.807) is 7.05 Å². The van der Waals surface area contributed by atoms with Gasteiger partial charge < -0.3 is 25.7 Å². The normalized spacial score (nSPS) is 12.1. The highest BCUT2D eigenvalue weighted by atomic mass is 16.6. The molecule has 0 radical (unpaired) electrons. The number of ether oxygens (including phenoxy) is 1. The molecule has 0 saturated heterocycles. The Bertz CT molecular complexity index is 713. The molecule has 4 N–H and O–H groups in total. The van der Waals surface area contributed by atoms with Gasteiger partial charge in [-0.25, -0.2) is 4.79 Å². The first kappa shape index (κ1) is 19.6. The van der Waals surface area contributed by atoms with Crippen LogP contribution in [0, 0.1) is 0 Å². The van der Waals surface area contributed by atoms with Crippen molar-refractivity contribution in [3.63, 3.8) is 0 Å². The Morgan fingerprint density at radius 2 is 1.88 bits per heavy atom. The molecule has 0 bridgehead atoms. The quantitative estimate of drug-likeness (QED) is 0.363. The molecule has 0 saturated carbocycles. The first-order valence-electron chi connectivity index (χ1n) is 8.85. The highest BCUT2D eigenvalue weighted by molar-refractivity contribution is 5.81. The van der Waals surface area contributed by atoms with Gasteiger partial charge in [-0.15, -0.1) is 0 Å². The third-order valence-corrected chi connectivity index (χ3v) is 3.57. The monoisotopic (exact) mass is 359 g/mol. The number of aliphatic imine (C=N–C) groups is 1. The van der Waals surface area contributed by atoms with E-state index in [9.17, 15) is 4.79 Å². The lowest BCUT2D eigenvalue weighted by Crippen LogP contribution is -2.39. The maximum absolute atomic E-state index is 11.6. The molecule has 0 fully saturated rings. The van der Waals surface area contributed by atoms with Crippen LogP contribution in [0.4, 0.5) is 4.79 Å². The molecule has 1 aromatic heterocycles. The Labute approximate surface area is 154 Å². The number of aromatic nitrogens is 1. The number of alkyl carbamates (subject to hydrolysis) is 1. The summed E-state index contributed by atoms with van der Waals surface area (Å²) in [5.41, 5.74) is 1.75. The molecular weight excluding hydrogens is 330 g/mol. The number of carbonyl (C=O) groups excluding carboxylic acids is 1. The van der Waals surface area contributed by atoms with Gasteiger partial charge in [0, 0.05) is 31.3 Å². The van der Waals surface area contributed by atoms with E-state index in [1.807, 2.05) is 32.9 Å². The molecule has 1 aromatic carbocycles. The molecule has 2 rings (SSSR count). The van der Waals surface area contributed by atoms with Crippen molar-refractivity contribution >= 4 is 23.0 Å². The van der Waals surface area contributed by atoms with Crippen LogP contribution >= 0.6 is 0 Å². The lowest BCUT2D eigenvalue weighted by molar-refractivity contribution is 0.0527. The van der Waals surface area contributed by atoms with Crippen molar-refractivity contribution in [2.45, 2.75) is 39.3 Å². The number of nitrogens with one attached hydrogen (secondary N) is 4. The number of fused-ring (bicyclic) bond motifs is 1. The van der Waals surface area contributed by atoms with Crippen LogP contribution in [-0.4, -0.2) is 42.8 Å². The van der Waals surface area contributed by atoms with Crippen LogP contribution < -0.4 is 16.0 Å². The number of hydrogen-bond acceptors (Lipinski definition) is 3. The summed E-state index contributed by atoms with van der Waals surface area (Å²) in [7, 11) is 1.74. The van der Waals surface area contributed by atoms with Crippen molar-refractivity contribution in [1.29, 1.82) is 0 Å². The molecule has 1 amide bonds. The van der Waals surface area contributed by atoms with E-state index in [2.05, 4.69) is 44.1 Å². The van der Waals surface area contributed by atoms with E-state index < -0.39 is 5.60 Å². The zero-order valence-corrected chi connectivity index (χ0v) is 16.0. The van der Waals surface area contributed by atoms with Crippen LogP contribution in [0.25, 0.3) is 10.9 Å².